The summed E-state index contributed by atoms with van der Waals surface area (Å²) in [5.41, 5.74) is 5.54. The van der Waals surface area contributed by atoms with Crippen molar-refractivity contribution in [3.05, 3.63) is 5.28 Å². The minimum atomic E-state index is 0.0915. The molecule has 3 atom stereocenters. The van der Waals surface area contributed by atoms with Crippen molar-refractivity contribution in [3.8, 4) is 6.01 Å². The first kappa shape index (κ1) is 12.9. The minimum Gasteiger partial charge on any atom is -0.460 e. The van der Waals surface area contributed by atoms with Crippen LogP contribution in [0.5, 0.6) is 6.01 Å². The average Bonchev–Trinajstić information content (AvgIpc) is 2.37. The number of hydrogen-bond acceptors (Lipinski definition) is 5. The standard InChI is InChI=1S/C13H19ClN4O/c14-11-16-12(15)18-13(17-11)19-10-6-5-8-3-1-2-4-9(8)7-10/h8-10H,1-7H2,(H2,15,16,17,18). The SMILES string of the molecule is Nc1nc(Cl)nc(OC2CCC3CCCCC3C2)n1. The molecular weight excluding hydrogens is 264 g/mol. The van der Waals surface area contributed by atoms with Crippen molar-refractivity contribution in [1.29, 1.82) is 0 Å². The highest BCUT2D eigenvalue weighted by Crippen LogP contribution is 2.41. The van der Waals surface area contributed by atoms with Crippen LogP contribution in [0.3, 0.4) is 0 Å². The van der Waals surface area contributed by atoms with Crippen LogP contribution in [0.15, 0.2) is 0 Å². The van der Waals surface area contributed by atoms with E-state index in [9.17, 15) is 0 Å². The fraction of sp³-hybridized carbons (Fsp3) is 0.769. The number of rotatable bonds is 2. The van der Waals surface area contributed by atoms with Crippen molar-refractivity contribution in [3.63, 3.8) is 0 Å². The Hall–Kier alpha value is -1.10. The molecule has 0 saturated heterocycles. The van der Waals surface area contributed by atoms with Gasteiger partial charge in [0.15, 0.2) is 0 Å². The van der Waals surface area contributed by atoms with Gasteiger partial charge in [0.2, 0.25) is 11.2 Å². The highest BCUT2D eigenvalue weighted by atomic mass is 35.5. The Labute approximate surface area is 117 Å². The normalized spacial score (nSPS) is 30.7. The van der Waals surface area contributed by atoms with Gasteiger partial charge in [0.05, 0.1) is 0 Å². The summed E-state index contributed by atoms with van der Waals surface area (Å²) in [6.45, 7) is 0. The molecule has 1 aromatic heterocycles. The van der Waals surface area contributed by atoms with E-state index in [1.54, 1.807) is 0 Å². The van der Waals surface area contributed by atoms with Crippen molar-refractivity contribution in [2.45, 2.75) is 51.0 Å². The Bertz CT molecular complexity index is 436. The summed E-state index contributed by atoms with van der Waals surface area (Å²) >= 11 is 5.76. The second-order valence-corrected chi connectivity index (χ2v) is 5.94. The van der Waals surface area contributed by atoms with E-state index >= 15 is 0 Å². The van der Waals surface area contributed by atoms with Crippen LogP contribution in [0, 0.1) is 11.8 Å². The molecular formula is C13H19ClN4O. The van der Waals surface area contributed by atoms with Crippen molar-refractivity contribution in [1.82, 2.24) is 15.0 Å². The monoisotopic (exact) mass is 282 g/mol. The van der Waals surface area contributed by atoms with E-state index in [1.807, 2.05) is 0 Å². The van der Waals surface area contributed by atoms with Gasteiger partial charge < -0.3 is 10.5 Å². The van der Waals surface area contributed by atoms with Gasteiger partial charge in [-0.15, -0.1) is 0 Å². The number of nitrogens with two attached hydrogens (primary N) is 1. The van der Waals surface area contributed by atoms with Crippen LogP contribution in [0.1, 0.15) is 44.9 Å². The highest BCUT2D eigenvalue weighted by molar-refractivity contribution is 6.28. The number of ether oxygens (including phenoxy) is 1. The summed E-state index contributed by atoms with van der Waals surface area (Å²) in [7, 11) is 0. The fourth-order valence-electron chi connectivity index (χ4n) is 3.49. The molecule has 2 fully saturated rings. The molecule has 2 aliphatic carbocycles. The van der Waals surface area contributed by atoms with Gasteiger partial charge in [-0.05, 0) is 42.7 Å². The molecule has 6 heteroatoms. The van der Waals surface area contributed by atoms with Crippen molar-refractivity contribution in [2.75, 3.05) is 5.73 Å². The van der Waals surface area contributed by atoms with Gasteiger partial charge in [0.1, 0.15) is 6.10 Å². The molecule has 1 aromatic rings. The van der Waals surface area contributed by atoms with E-state index in [2.05, 4.69) is 15.0 Å². The molecule has 1 heterocycles. The predicted molar refractivity (Wildman–Crippen MR) is 73.0 cm³/mol. The van der Waals surface area contributed by atoms with E-state index < -0.39 is 0 Å². The number of nitrogen functional groups attached to an aromatic ring is 1. The van der Waals surface area contributed by atoms with Crippen LogP contribution in [0.25, 0.3) is 0 Å². The summed E-state index contributed by atoms with van der Waals surface area (Å²) in [5, 5.41) is 0.0915. The minimum absolute atomic E-state index is 0.0915. The number of aromatic nitrogens is 3. The Morgan fingerprint density at radius 3 is 2.58 bits per heavy atom. The molecule has 2 aliphatic rings. The Morgan fingerprint density at radius 1 is 1.00 bits per heavy atom. The van der Waals surface area contributed by atoms with E-state index in [1.165, 1.54) is 32.1 Å². The second-order valence-electron chi connectivity index (χ2n) is 5.60. The third-order valence-corrected chi connectivity index (χ3v) is 4.54. The third kappa shape index (κ3) is 3.08. The molecule has 0 aliphatic heterocycles. The zero-order chi connectivity index (χ0) is 13.2. The summed E-state index contributed by atoms with van der Waals surface area (Å²) in [6.07, 6.45) is 9.11. The molecule has 2 N–H and O–H groups in total. The topological polar surface area (TPSA) is 73.9 Å². The van der Waals surface area contributed by atoms with Gasteiger partial charge in [-0.25, -0.2) is 0 Å². The largest absolute Gasteiger partial charge is 0.460 e. The summed E-state index contributed by atoms with van der Waals surface area (Å²) in [4.78, 5) is 11.7. The van der Waals surface area contributed by atoms with Crippen LogP contribution in [-0.4, -0.2) is 21.1 Å². The molecule has 5 nitrogen and oxygen atoms in total. The van der Waals surface area contributed by atoms with Gasteiger partial charge in [-0.3, -0.25) is 0 Å². The molecule has 0 aromatic carbocycles. The first-order chi connectivity index (χ1) is 9.20. The number of anilines is 1. The molecule has 0 bridgehead atoms. The zero-order valence-corrected chi connectivity index (χ0v) is 11.6. The molecule has 3 rings (SSSR count). The smallest absolute Gasteiger partial charge is 0.322 e. The van der Waals surface area contributed by atoms with E-state index in [0.29, 0.717) is 0 Å². The van der Waals surface area contributed by atoms with Crippen LogP contribution in [-0.2, 0) is 0 Å². The molecule has 2 saturated carbocycles. The predicted octanol–water partition coefficient (Wildman–Crippen LogP) is 2.84. The van der Waals surface area contributed by atoms with E-state index in [0.717, 1.165) is 24.7 Å². The van der Waals surface area contributed by atoms with Gasteiger partial charge in [0, 0.05) is 0 Å². The Kier molecular flexibility index (Phi) is 3.73. The maximum Gasteiger partial charge on any atom is 0.322 e. The number of hydrogen-bond donors (Lipinski definition) is 1. The van der Waals surface area contributed by atoms with Gasteiger partial charge >= 0.3 is 6.01 Å². The maximum absolute atomic E-state index is 5.84. The van der Waals surface area contributed by atoms with E-state index in [-0.39, 0.29) is 23.3 Å². The van der Waals surface area contributed by atoms with Crippen molar-refractivity contribution < 1.29 is 4.74 Å². The molecule has 0 radical (unpaired) electrons. The summed E-state index contributed by atoms with van der Waals surface area (Å²) in [5.74, 6) is 1.82. The number of fused-ring (bicyclic) bond motifs is 1. The van der Waals surface area contributed by atoms with Crippen molar-refractivity contribution >= 4 is 17.5 Å². The number of nitrogens with zero attached hydrogens (tertiary/aromatic N) is 3. The van der Waals surface area contributed by atoms with Crippen LogP contribution in [0.2, 0.25) is 5.28 Å². The lowest BCUT2D eigenvalue weighted by atomic mass is 9.70. The molecule has 0 amide bonds. The average molecular weight is 283 g/mol. The van der Waals surface area contributed by atoms with Gasteiger partial charge in [0.25, 0.3) is 0 Å². The lowest BCUT2D eigenvalue weighted by molar-refractivity contribution is 0.0587. The van der Waals surface area contributed by atoms with Gasteiger partial charge in [-0.1, -0.05) is 25.7 Å². The Morgan fingerprint density at radius 2 is 1.79 bits per heavy atom. The number of halogens is 1. The lowest BCUT2D eigenvalue weighted by Gasteiger charge is -2.38. The summed E-state index contributed by atoms with van der Waals surface area (Å²) < 4.78 is 5.84. The second kappa shape index (κ2) is 5.49. The van der Waals surface area contributed by atoms with Crippen LogP contribution >= 0.6 is 11.6 Å². The molecule has 19 heavy (non-hydrogen) atoms. The first-order valence-electron chi connectivity index (χ1n) is 7.04. The van der Waals surface area contributed by atoms with Crippen LogP contribution in [0.4, 0.5) is 5.95 Å². The van der Waals surface area contributed by atoms with Gasteiger partial charge in [-0.2, -0.15) is 15.0 Å². The first-order valence-corrected chi connectivity index (χ1v) is 7.42. The molecule has 0 spiro atoms. The molecule has 3 unspecified atom stereocenters. The molecule has 104 valence electrons. The maximum atomic E-state index is 5.84. The lowest BCUT2D eigenvalue weighted by Crippen LogP contribution is -2.33. The van der Waals surface area contributed by atoms with E-state index in [4.69, 9.17) is 22.1 Å². The quantitative estimate of drug-likeness (QED) is 0.903. The van der Waals surface area contributed by atoms with Crippen LogP contribution < -0.4 is 10.5 Å². The highest BCUT2D eigenvalue weighted by Gasteiger charge is 2.33. The fourth-order valence-corrected chi connectivity index (χ4v) is 3.64. The Balaban J connectivity index is 1.64. The third-order valence-electron chi connectivity index (χ3n) is 4.37. The van der Waals surface area contributed by atoms with Crippen molar-refractivity contribution in [2.24, 2.45) is 11.8 Å². The zero-order valence-electron chi connectivity index (χ0n) is 10.9. The summed E-state index contributed by atoms with van der Waals surface area (Å²) in [6, 6.07) is 0.261.